The van der Waals surface area contributed by atoms with Crippen molar-refractivity contribution in [3.8, 4) is 0 Å². The summed E-state index contributed by atoms with van der Waals surface area (Å²) in [5, 5.41) is 0. The maximum Gasteiger partial charge on any atom is 0.236 e. The zero-order chi connectivity index (χ0) is 9.71. The molecule has 4 nitrogen and oxygen atoms in total. The molecule has 0 radical (unpaired) electrons. The summed E-state index contributed by atoms with van der Waals surface area (Å²) in [5.41, 5.74) is 5.36. The molecule has 5 heteroatoms. The van der Waals surface area contributed by atoms with Crippen LogP contribution in [0.5, 0.6) is 0 Å². The molecule has 2 N–H and O–H groups in total. The Bertz CT molecular complexity index is 256. The first kappa shape index (κ1) is 11.2. The molecule has 3 saturated heterocycles. The molecule has 3 rings (SSSR count). The van der Waals surface area contributed by atoms with Crippen LogP contribution in [0.1, 0.15) is 12.8 Å². The fraction of sp³-hybridized carbons (Fsp3) is 0.900. The smallest absolute Gasteiger partial charge is 0.236 e. The van der Waals surface area contributed by atoms with E-state index >= 15 is 0 Å². The van der Waals surface area contributed by atoms with Crippen molar-refractivity contribution < 1.29 is 9.53 Å². The number of hydrogen-bond acceptors (Lipinski definition) is 3. The molecule has 86 valence electrons. The van der Waals surface area contributed by atoms with Gasteiger partial charge in [0.15, 0.2) is 0 Å². The number of halogens is 1. The lowest BCUT2D eigenvalue weighted by molar-refractivity contribution is -0.129. The van der Waals surface area contributed by atoms with Gasteiger partial charge in [-0.05, 0) is 12.8 Å². The first-order chi connectivity index (χ1) is 6.79. The van der Waals surface area contributed by atoms with Gasteiger partial charge in [0.05, 0.1) is 18.8 Å². The third-order valence-corrected chi connectivity index (χ3v) is 3.98. The number of amides is 1. The van der Waals surface area contributed by atoms with Gasteiger partial charge in [0.25, 0.3) is 0 Å². The number of nitrogens with two attached hydrogens (primary N) is 1. The zero-order valence-electron chi connectivity index (χ0n) is 8.59. The topological polar surface area (TPSA) is 55.6 Å². The molecular formula is C10H17ClN2O2. The third kappa shape index (κ3) is 1.55. The lowest BCUT2D eigenvalue weighted by Gasteiger charge is -2.17. The number of rotatable bonds is 1. The third-order valence-electron chi connectivity index (χ3n) is 3.98. The standard InChI is InChI=1S/C10H16N2O2.ClH/c11-3-10(13)12-4-6-7(5-12)9-2-1-8(6)14-9;/h6-9H,1-5,11H2;1H. The Morgan fingerprint density at radius 3 is 2.27 bits per heavy atom. The van der Waals surface area contributed by atoms with Gasteiger partial charge in [-0.1, -0.05) is 0 Å². The van der Waals surface area contributed by atoms with Gasteiger partial charge in [0.2, 0.25) is 5.91 Å². The highest BCUT2D eigenvalue weighted by Crippen LogP contribution is 2.46. The first-order valence-corrected chi connectivity index (χ1v) is 5.43. The van der Waals surface area contributed by atoms with Gasteiger partial charge in [0.1, 0.15) is 0 Å². The summed E-state index contributed by atoms with van der Waals surface area (Å²) in [6.45, 7) is 1.90. The van der Waals surface area contributed by atoms with Gasteiger partial charge in [0, 0.05) is 24.9 Å². The van der Waals surface area contributed by atoms with Crippen molar-refractivity contribution in [3.63, 3.8) is 0 Å². The van der Waals surface area contributed by atoms with Crippen LogP contribution in [-0.2, 0) is 9.53 Å². The molecule has 0 aliphatic carbocycles. The van der Waals surface area contributed by atoms with Gasteiger partial charge in [-0.3, -0.25) is 4.79 Å². The summed E-state index contributed by atoms with van der Waals surface area (Å²) < 4.78 is 5.83. The molecule has 0 aromatic rings. The summed E-state index contributed by atoms with van der Waals surface area (Å²) in [4.78, 5) is 13.4. The number of hydrogen-bond donors (Lipinski definition) is 1. The maximum absolute atomic E-state index is 11.4. The zero-order valence-corrected chi connectivity index (χ0v) is 9.41. The SMILES string of the molecule is Cl.NCC(=O)N1CC2C3CCC(O3)C2C1. The van der Waals surface area contributed by atoms with Gasteiger partial charge in [-0.15, -0.1) is 12.4 Å². The molecule has 3 aliphatic heterocycles. The maximum atomic E-state index is 11.4. The van der Waals surface area contributed by atoms with Gasteiger partial charge in [-0.2, -0.15) is 0 Å². The number of carbonyl (C=O) groups is 1. The lowest BCUT2D eigenvalue weighted by atomic mass is 9.82. The fourth-order valence-electron chi connectivity index (χ4n) is 3.29. The summed E-state index contributed by atoms with van der Waals surface area (Å²) in [6, 6.07) is 0. The molecule has 1 amide bonds. The van der Waals surface area contributed by atoms with E-state index in [0.29, 0.717) is 24.0 Å². The molecule has 3 aliphatic rings. The Balaban J connectivity index is 0.000000853. The molecule has 15 heavy (non-hydrogen) atoms. The Morgan fingerprint density at radius 2 is 1.80 bits per heavy atom. The van der Waals surface area contributed by atoms with Crippen molar-refractivity contribution in [2.75, 3.05) is 19.6 Å². The van der Waals surface area contributed by atoms with Crippen molar-refractivity contribution >= 4 is 18.3 Å². The minimum absolute atomic E-state index is 0. The van der Waals surface area contributed by atoms with Gasteiger partial charge >= 0.3 is 0 Å². The number of likely N-dealkylation sites (tertiary alicyclic amines) is 1. The van der Waals surface area contributed by atoms with Crippen molar-refractivity contribution in [2.24, 2.45) is 17.6 Å². The highest BCUT2D eigenvalue weighted by molar-refractivity contribution is 5.85. The quantitative estimate of drug-likeness (QED) is 0.693. The van der Waals surface area contributed by atoms with Crippen LogP contribution in [0.4, 0.5) is 0 Å². The summed E-state index contributed by atoms with van der Waals surface area (Å²) in [5.74, 6) is 1.30. The molecule has 2 bridgehead atoms. The van der Waals surface area contributed by atoms with E-state index in [1.165, 1.54) is 12.8 Å². The average Bonchev–Trinajstić information content (AvgIpc) is 2.87. The van der Waals surface area contributed by atoms with Crippen LogP contribution >= 0.6 is 12.4 Å². The van der Waals surface area contributed by atoms with E-state index in [1.54, 1.807) is 0 Å². The monoisotopic (exact) mass is 232 g/mol. The van der Waals surface area contributed by atoms with Crippen LogP contribution in [0.3, 0.4) is 0 Å². The normalized spacial score (nSPS) is 41.5. The van der Waals surface area contributed by atoms with Gasteiger partial charge in [-0.25, -0.2) is 0 Å². The first-order valence-electron chi connectivity index (χ1n) is 5.43. The largest absolute Gasteiger partial charge is 0.374 e. The Morgan fingerprint density at radius 1 is 1.27 bits per heavy atom. The van der Waals surface area contributed by atoms with Gasteiger partial charge < -0.3 is 15.4 Å². The lowest BCUT2D eigenvalue weighted by Crippen LogP contribution is -2.35. The van der Waals surface area contributed by atoms with E-state index in [1.807, 2.05) is 4.90 Å². The molecule has 0 aromatic carbocycles. The van der Waals surface area contributed by atoms with Crippen molar-refractivity contribution in [1.82, 2.24) is 4.90 Å². The summed E-state index contributed by atoms with van der Waals surface area (Å²) >= 11 is 0. The highest BCUT2D eigenvalue weighted by Gasteiger charge is 2.53. The minimum atomic E-state index is 0. The summed E-state index contributed by atoms with van der Waals surface area (Å²) in [7, 11) is 0. The summed E-state index contributed by atoms with van der Waals surface area (Å²) in [6.07, 6.45) is 3.24. The number of nitrogens with zero attached hydrogens (tertiary/aromatic N) is 1. The molecule has 3 heterocycles. The molecule has 0 saturated carbocycles. The number of fused-ring (bicyclic) bond motifs is 5. The van der Waals surface area contributed by atoms with E-state index < -0.39 is 0 Å². The van der Waals surface area contributed by atoms with Crippen molar-refractivity contribution in [1.29, 1.82) is 0 Å². The number of ether oxygens (including phenoxy) is 1. The second-order valence-corrected chi connectivity index (χ2v) is 4.62. The van der Waals surface area contributed by atoms with Crippen molar-refractivity contribution in [3.05, 3.63) is 0 Å². The second kappa shape index (κ2) is 3.92. The Kier molecular flexibility index (Phi) is 2.92. The van der Waals surface area contributed by atoms with E-state index in [9.17, 15) is 4.79 Å². The van der Waals surface area contributed by atoms with E-state index in [-0.39, 0.29) is 24.9 Å². The molecule has 0 spiro atoms. The predicted molar refractivity (Wildman–Crippen MR) is 57.8 cm³/mol. The second-order valence-electron chi connectivity index (χ2n) is 4.62. The van der Waals surface area contributed by atoms with E-state index in [0.717, 1.165) is 13.1 Å². The van der Waals surface area contributed by atoms with Crippen LogP contribution in [0.2, 0.25) is 0 Å². The molecule has 3 fully saturated rings. The van der Waals surface area contributed by atoms with Crippen molar-refractivity contribution in [2.45, 2.75) is 25.0 Å². The van der Waals surface area contributed by atoms with Crippen LogP contribution in [0, 0.1) is 11.8 Å². The molecule has 4 unspecified atom stereocenters. The highest BCUT2D eigenvalue weighted by atomic mass is 35.5. The average molecular weight is 233 g/mol. The van der Waals surface area contributed by atoms with Crippen LogP contribution < -0.4 is 5.73 Å². The van der Waals surface area contributed by atoms with Crippen LogP contribution in [0.25, 0.3) is 0 Å². The molecule has 4 atom stereocenters. The Hall–Kier alpha value is -0.320. The van der Waals surface area contributed by atoms with E-state index in [4.69, 9.17) is 10.5 Å². The predicted octanol–water partition coefficient (Wildman–Crippen LogP) is 0.00270. The van der Waals surface area contributed by atoms with Crippen LogP contribution in [-0.4, -0.2) is 42.6 Å². The fourth-order valence-corrected chi connectivity index (χ4v) is 3.29. The molecular weight excluding hydrogens is 216 g/mol. The number of carbonyl (C=O) groups excluding carboxylic acids is 1. The van der Waals surface area contributed by atoms with E-state index in [2.05, 4.69) is 0 Å². The minimum Gasteiger partial charge on any atom is -0.374 e. The Labute approximate surface area is 95.5 Å². The van der Waals surface area contributed by atoms with Crippen LogP contribution in [0.15, 0.2) is 0 Å². The molecule has 0 aromatic heterocycles.